The molecule has 0 aromatic heterocycles. The molecule has 78 valence electrons. The van der Waals surface area contributed by atoms with Gasteiger partial charge in [-0.15, -0.1) is 0 Å². The number of aliphatic hydroxyl groups is 1. The Labute approximate surface area is 81.7 Å². The molecule has 0 spiro atoms. The number of hydrogen-bond acceptors (Lipinski definition) is 2. The van der Waals surface area contributed by atoms with Crippen LogP contribution in [0.4, 0.5) is 0 Å². The molecule has 0 saturated heterocycles. The van der Waals surface area contributed by atoms with Crippen molar-refractivity contribution in [3.05, 3.63) is 0 Å². The standard InChI is InChI=1S/C11H23NO/c1-9(10-6-4-5-7-10)12-8-11(2,3)13/h9-10,12-13H,4-8H2,1-3H3. The summed E-state index contributed by atoms with van der Waals surface area (Å²) in [4.78, 5) is 0. The van der Waals surface area contributed by atoms with Crippen molar-refractivity contribution in [2.24, 2.45) is 5.92 Å². The van der Waals surface area contributed by atoms with Crippen LogP contribution in [-0.4, -0.2) is 23.3 Å². The first-order chi connectivity index (χ1) is 5.99. The van der Waals surface area contributed by atoms with E-state index in [9.17, 15) is 5.11 Å². The fourth-order valence-electron chi connectivity index (χ4n) is 2.03. The topological polar surface area (TPSA) is 32.3 Å². The molecule has 0 aromatic carbocycles. The minimum absolute atomic E-state index is 0.564. The predicted octanol–water partition coefficient (Wildman–Crippen LogP) is 1.93. The van der Waals surface area contributed by atoms with E-state index in [4.69, 9.17) is 0 Å². The third kappa shape index (κ3) is 4.10. The summed E-state index contributed by atoms with van der Waals surface area (Å²) in [6, 6.07) is 0.564. The van der Waals surface area contributed by atoms with Crippen LogP contribution in [0.2, 0.25) is 0 Å². The highest BCUT2D eigenvalue weighted by molar-refractivity contribution is 4.79. The van der Waals surface area contributed by atoms with Crippen molar-refractivity contribution in [3.63, 3.8) is 0 Å². The van der Waals surface area contributed by atoms with Gasteiger partial charge in [-0.3, -0.25) is 0 Å². The van der Waals surface area contributed by atoms with Gasteiger partial charge in [-0.05, 0) is 39.5 Å². The van der Waals surface area contributed by atoms with Gasteiger partial charge in [-0.2, -0.15) is 0 Å². The summed E-state index contributed by atoms with van der Waals surface area (Å²) in [5.41, 5.74) is -0.577. The first kappa shape index (κ1) is 11.0. The molecule has 0 bridgehead atoms. The summed E-state index contributed by atoms with van der Waals surface area (Å²) < 4.78 is 0. The second kappa shape index (κ2) is 4.43. The fraction of sp³-hybridized carbons (Fsp3) is 1.00. The monoisotopic (exact) mass is 185 g/mol. The molecule has 0 heterocycles. The summed E-state index contributed by atoms with van der Waals surface area (Å²) in [6.07, 6.45) is 5.50. The van der Waals surface area contributed by atoms with Gasteiger partial charge in [0.1, 0.15) is 0 Å². The van der Waals surface area contributed by atoms with Gasteiger partial charge in [0.25, 0.3) is 0 Å². The van der Waals surface area contributed by atoms with Gasteiger partial charge < -0.3 is 10.4 Å². The fourth-order valence-corrected chi connectivity index (χ4v) is 2.03. The summed E-state index contributed by atoms with van der Waals surface area (Å²) >= 11 is 0. The van der Waals surface area contributed by atoms with E-state index >= 15 is 0 Å². The van der Waals surface area contributed by atoms with Gasteiger partial charge in [-0.25, -0.2) is 0 Å². The first-order valence-corrected chi connectivity index (χ1v) is 5.45. The molecule has 1 unspecified atom stereocenters. The quantitative estimate of drug-likeness (QED) is 0.701. The molecule has 13 heavy (non-hydrogen) atoms. The molecule has 0 aliphatic heterocycles. The first-order valence-electron chi connectivity index (χ1n) is 5.45. The zero-order valence-corrected chi connectivity index (χ0v) is 9.14. The third-order valence-corrected chi connectivity index (χ3v) is 2.96. The Balaban J connectivity index is 2.20. The van der Waals surface area contributed by atoms with Crippen LogP contribution in [0.15, 0.2) is 0 Å². The smallest absolute Gasteiger partial charge is 0.0715 e. The number of hydrogen-bond donors (Lipinski definition) is 2. The predicted molar refractivity (Wildman–Crippen MR) is 55.7 cm³/mol. The average molecular weight is 185 g/mol. The van der Waals surface area contributed by atoms with Crippen LogP contribution in [0.5, 0.6) is 0 Å². The Morgan fingerprint density at radius 3 is 2.38 bits per heavy atom. The summed E-state index contributed by atoms with van der Waals surface area (Å²) in [5.74, 6) is 0.836. The molecule has 2 N–H and O–H groups in total. The molecule has 0 aromatic rings. The molecule has 0 amide bonds. The van der Waals surface area contributed by atoms with E-state index in [0.29, 0.717) is 12.6 Å². The Morgan fingerprint density at radius 1 is 1.38 bits per heavy atom. The average Bonchev–Trinajstić information content (AvgIpc) is 2.50. The highest BCUT2D eigenvalue weighted by Gasteiger charge is 2.22. The minimum Gasteiger partial charge on any atom is -0.389 e. The maximum absolute atomic E-state index is 9.55. The van der Waals surface area contributed by atoms with E-state index in [1.54, 1.807) is 0 Å². The molecular formula is C11H23NO. The second-order valence-corrected chi connectivity index (χ2v) is 5.03. The molecule has 1 rings (SSSR count). The maximum Gasteiger partial charge on any atom is 0.0715 e. The molecule has 1 fully saturated rings. The molecule has 1 aliphatic rings. The highest BCUT2D eigenvalue weighted by Crippen LogP contribution is 2.27. The summed E-state index contributed by atoms with van der Waals surface area (Å²) in [5, 5.41) is 13.0. The Hall–Kier alpha value is -0.0800. The van der Waals surface area contributed by atoms with Crippen molar-refractivity contribution in [1.29, 1.82) is 0 Å². The van der Waals surface area contributed by atoms with Crippen molar-refractivity contribution in [2.75, 3.05) is 6.54 Å². The van der Waals surface area contributed by atoms with Gasteiger partial charge in [0, 0.05) is 12.6 Å². The number of nitrogens with one attached hydrogen (secondary N) is 1. The maximum atomic E-state index is 9.55. The molecule has 1 atom stereocenters. The van der Waals surface area contributed by atoms with Crippen LogP contribution in [0.3, 0.4) is 0 Å². The van der Waals surface area contributed by atoms with Crippen molar-refractivity contribution >= 4 is 0 Å². The van der Waals surface area contributed by atoms with Crippen LogP contribution < -0.4 is 5.32 Å². The molecule has 1 saturated carbocycles. The van der Waals surface area contributed by atoms with Crippen LogP contribution in [0, 0.1) is 5.92 Å². The minimum atomic E-state index is -0.577. The van der Waals surface area contributed by atoms with E-state index < -0.39 is 5.60 Å². The largest absolute Gasteiger partial charge is 0.389 e. The highest BCUT2D eigenvalue weighted by atomic mass is 16.3. The SMILES string of the molecule is CC(NCC(C)(C)O)C1CCCC1. The van der Waals surface area contributed by atoms with Gasteiger partial charge >= 0.3 is 0 Å². The van der Waals surface area contributed by atoms with Gasteiger partial charge in [0.2, 0.25) is 0 Å². The van der Waals surface area contributed by atoms with Crippen molar-refractivity contribution < 1.29 is 5.11 Å². The van der Waals surface area contributed by atoms with Crippen LogP contribution in [0.1, 0.15) is 46.5 Å². The van der Waals surface area contributed by atoms with E-state index in [1.165, 1.54) is 25.7 Å². The molecule has 0 radical (unpaired) electrons. The molecular weight excluding hydrogens is 162 g/mol. The zero-order valence-electron chi connectivity index (χ0n) is 9.14. The van der Waals surface area contributed by atoms with E-state index in [-0.39, 0.29) is 0 Å². The van der Waals surface area contributed by atoms with Crippen LogP contribution in [-0.2, 0) is 0 Å². The summed E-state index contributed by atoms with van der Waals surface area (Å²) in [7, 11) is 0. The Kier molecular flexibility index (Phi) is 3.74. The molecule has 1 aliphatic carbocycles. The zero-order chi connectivity index (χ0) is 9.90. The van der Waals surface area contributed by atoms with Crippen LogP contribution >= 0.6 is 0 Å². The van der Waals surface area contributed by atoms with Gasteiger partial charge in [0.15, 0.2) is 0 Å². The molecule has 2 nitrogen and oxygen atoms in total. The van der Waals surface area contributed by atoms with E-state index in [0.717, 1.165) is 5.92 Å². The van der Waals surface area contributed by atoms with Gasteiger partial charge in [0.05, 0.1) is 5.60 Å². The lowest BCUT2D eigenvalue weighted by Gasteiger charge is -2.25. The molecule has 2 heteroatoms. The van der Waals surface area contributed by atoms with E-state index in [1.807, 2.05) is 13.8 Å². The van der Waals surface area contributed by atoms with Crippen molar-refractivity contribution in [3.8, 4) is 0 Å². The normalized spacial score (nSPS) is 22.2. The van der Waals surface area contributed by atoms with Crippen molar-refractivity contribution in [2.45, 2.75) is 58.1 Å². The number of rotatable bonds is 4. The van der Waals surface area contributed by atoms with Crippen LogP contribution in [0.25, 0.3) is 0 Å². The Bertz CT molecular complexity index is 145. The lowest BCUT2D eigenvalue weighted by atomic mass is 9.99. The lowest BCUT2D eigenvalue weighted by Crippen LogP contribution is -2.42. The Morgan fingerprint density at radius 2 is 1.92 bits per heavy atom. The van der Waals surface area contributed by atoms with Crippen molar-refractivity contribution in [1.82, 2.24) is 5.32 Å². The van der Waals surface area contributed by atoms with E-state index in [2.05, 4.69) is 12.2 Å². The lowest BCUT2D eigenvalue weighted by molar-refractivity contribution is 0.0745. The van der Waals surface area contributed by atoms with Gasteiger partial charge in [-0.1, -0.05) is 12.8 Å². The second-order valence-electron chi connectivity index (χ2n) is 5.03. The third-order valence-electron chi connectivity index (χ3n) is 2.96. The summed E-state index contributed by atoms with van der Waals surface area (Å²) in [6.45, 7) is 6.63.